The smallest absolute Gasteiger partial charge is 0.238 e. The van der Waals surface area contributed by atoms with Gasteiger partial charge in [0.05, 0.1) is 0 Å². The van der Waals surface area contributed by atoms with Gasteiger partial charge in [-0.15, -0.1) is 0 Å². The van der Waals surface area contributed by atoms with Gasteiger partial charge in [0, 0.05) is 5.92 Å². The van der Waals surface area contributed by atoms with Gasteiger partial charge in [-0.1, -0.05) is 18.9 Å². The van der Waals surface area contributed by atoms with E-state index in [1.54, 1.807) is 0 Å². The van der Waals surface area contributed by atoms with Gasteiger partial charge in [0.2, 0.25) is 13.9 Å². The Morgan fingerprint density at radius 2 is 2.15 bits per heavy atom. The topological polar surface area (TPSA) is 20.3 Å². The van der Waals surface area contributed by atoms with Gasteiger partial charge in [0.15, 0.2) is 0 Å². The van der Waals surface area contributed by atoms with Gasteiger partial charge in [-0.25, -0.2) is 0 Å². The molecule has 1 saturated carbocycles. The summed E-state index contributed by atoms with van der Waals surface area (Å²) >= 11 is 0. The Bertz CT molecular complexity index is 262. The maximum atomic E-state index is 11.7. The number of hydrogen-bond acceptors (Lipinski definition) is 1. The number of allylic oxidation sites excluding steroid dienone is 2. The molecule has 13 heavy (non-hydrogen) atoms. The van der Waals surface area contributed by atoms with Crippen LogP contribution in [0.25, 0.3) is 0 Å². The predicted octanol–water partition coefficient (Wildman–Crippen LogP) is 1.62. The van der Waals surface area contributed by atoms with Gasteiger partial charge in [-0.2, -0.15) is 0 Å². The molecule has 0 aromatic rings. The lowest BCUT2D eigenvalue weighted by Crippen LogP contribution is -2.41. The molecule has 3 heteroatoms. The molecule has 1 fully saturated rings. The van der Waals surface area contributed by atoms with Crippen molar-refractivity contribution in [3.8, 4) is 0 Å². The van der Waals surface area contributed by atoms with Crippen LogP contribution in [0.1, 0.15) is 32.6 Å². The van der Waals surface area contributed by atoms with Crippen molar-refractivity contribution in [1.82, 2.24) is 4.81 Å². The summed E-state index contributed by atoms with van der Waals surface area (Å²) in [5.74, 6) is 0.744. The molecule has 1 heterocycles. The first-order chi connectivity index (χ1) is 6.20. The van der Waals surface area contributed by atoms with E-state index in [-0.39, 0.29) is 11.8 Å². The average Bonchev–Trinajstić information content (AvgIpc) is 2.15. The highest BCUT2D eigenvalue weighted by molar-refractivity contribution is 6.16. The highest BCUT2D eigenvalue weighted by atomic mass is 16.2. The van der Waals surface area contributed by atoms with Crippen molar-refractivity contribution in [3.05, 3.63) is 11.8 Å². The van der Waals surface area contributed by atoms with E-state index < -0.39 is 0 Å². The minimum atomic E-state index is 0.115. The molecule has 0 bridgehead atoms. The Morgan fingerprint density at radius 1 is 1.46 bits per heavy atom. The number of amides is 1. The molecular weight excluding hydrogens is 161 g/mol. The lowest BCUT2D eigenvalue weighted by Gasteiger charge is -2.37. The summed E-state index contributed by atoms with van der Waals surface area (Å²) < 4.78 is 0. The highest BCUT2D eigenvalue weighted by Gasteiger charge is 2.34. The first-order valence-corrected chi connectivity index (χ1v) is 4.97. The van der Waals surface area contributed by atoms with Gasteiger partial charge in [0.25, 0.3) is 0 Å². The minimum absolute atomic E-state index is 0.115. The number of fused-ring (bicyclic) bond motifs is 1. The van der Waals surface area contributed by atoms with Gasteiger partial charge in [0.1, 0.15) is 0 Å². The Kier molecular flexibility index (Phi) is 2.18. The first-order valence-electron chi connectivity index (χ1n) is 4.97. The molecule has 2 nitrogen and oxygen atoms in total. The van der Waals surface area contributed by atoms with Gasteiger partial charge >= 0.3 is 0 Å². The summed E-state index contributed by atoms with van der Waals surface area (Å²) in [7, 11) is 5.64. The molecule has 2 radical (unpaired) electrons. The second-order valence-electron chi connectivity index (χ2n) is 4.07. The SMILES string of the molecule is [B]N1C(=O)C2CCCCC2C=C1C. The van der Waals surface area contributed by atoms with Crippen LogP contribution in [0.5, 0.6) is 0 Å². The van der Waals surface area contributed by atoms with Crippen molar-refractivity contribution in [1.29, 1.82) is 0 Å². The van der Waals surface area contributed by atoms with Crippen molar-refractivity contribution in [2.45, 2.75) is 32.6 Å². The maximum Gasteiger partial charge on any atom is 0.238 e. The third-order valence-electron chi connectivity index (χ3n) is 3.21. The van der Waals surface area contributed by atoms with E-state index in [1.807, 2.05) is 6.92 Å². The van der Waals surface area contributed by atoms with E-state index in [2.05, 4.69) is 6.08 Å². The van der Waals surface area contributed by atoms with E-state index >= 15 is 0 Å². The standard InChI is InChI=1S/C10H14BNO/c1-7-6-8-4-2-3-5-9(8)10(13)12(7)11/h6,8-9H,2-5H2,1H3. The van der Waals surface area contributed by atoms with Crippen LogP contribution in [0.15, 0.2) is 11.8 Å². The summed E-state index contributed by atoms with van der Waals surface area (Å²) in [6, 6.07) is 0. The Morgan fingerprint density at radius 3 is 2.92 bits per heavy atom. The minimum Gasteiger partial charge on any atom is -0.373 e. The molecule has 1 amide bonds. The molecule has 0 aromatic carbocycles. The monoisotopic (exact) mass is 175 g/mol. The Labute approximate surface area is 80.4 Å². The lowest BCUT2D eigenvalue weighted by molar-refractivity contribution is -0.132. The molecular formula is C10H14BNO. The molecule has 1 aliphatic heterocycles. The van der Waals surface area contributed by atoms with Crippen LogP contribution in [-0.2, 0) is 4.79 Å². The van der Waals surface area contributed by atoms with Crippen molar-refractivity contribution in [2.75, 3.05) is 0 Å². The zero-order chi connectivity index (χ0) is 9.42. The van der Waals surface area contributed by atoms with Crippen molar-refractivity contribution in [3.63, 3.8) is 0 Å². The number of carbonyl (C=O) groups is 1. The van der Waals surface area contributed by atoms with Crippen LogP contribution in [0, 0.1) is 11.8 Å². The normalized spacial score (nSPS) is 34.1. The van der Waals surface area contributed by atoms with E-state index in [4.69, 9.17) is 7.98 Å². The summed E-state index contributed by atoms with van der Waals surface area (Å²) in [5.41, 5.74) is 0.910. The lowest BCUT2D eigenvalue weighted by atomic mass is 9.75. The molecule has 0 spiro atoms. The second-order valence-corrected chi connectivity index (χ2v) is 4.07. The quantitative estimate of drug-likeness (QED) is 0.512. The summed E-state index contributed by atoms with van der Waals surface area (Å²) in [4.78, 5) is 13.0. The number of carbonyl (C=O) groups excluding carboxylic acids is 1. The molecule has 2 aliphatic rings. The van der Waals surface area contributed by atoms with Crippen molar-refractivity contribution < 1.29 is 4.79 Å². The number of nitrogens with zero attached hydrogens (tertiary/aromatic N) is 1. The Hall–Kier alpha value is -0.725. The fourth-order valence-electron chi connectivity index (χ4n) is 2.41. The highest BCUT2D eigenvalue weighted by Crippen LogP contribution is 2.36. The van der Waals surface area contributed by atoms with E-state index in [0.29, 0.717) is 5.92 Å². The summed E-state index contributed by atoms with van der Waals surface area (Å²) in [6.07, 6.45) is 6.75. The summed E-state index contributed by atoms with van der Waals surface area (Å²) in [6.45, 7) is 1.91. The molecule has 0 saturated heterocycles. The first kappa shape index (κ1) is 8.85. The fourth-order valence-corrected chi connectivity index (χ4v) is 2.41. The molecule has 0 aromatic heterocycles. The van der Waals surface area contributed by atoms with Crippen LogP contribution in [0.3, 0.4) is 0 Å². The van der Waals surface area contributed by atoms with Crippen LogP contribution in [0.2, 0.25) is 0 Å². The van der Waals surface area contributed by atoms with Crippen LogP contribution >= 0.6 is 0 Å². The molecule has 0 N–H and O–H groups in total. The molecule has 68 valence electrons. The molecule has 2 atom stereocenters. The molecule has 1 aliphatic carbocycles. The third-order valence-corrected chi connectivity index (χ3v) is 3.21. The van der Waals surface area contributed by atoms with Gasteiger partial charge < -0.3 is 4.81 Å². The fraction of sp³-hybridized carbons (Fsp3) is 0.700. The van der Waals surface area contributed by atoms with Gasteiger partial charge in [-0.05, 0) is 31.4 Å². The van der Waals surface area contributed by atoms with E-state index in [9.17, 15) is 4.79 Å². The second kappa shape index (κ2) is 3.20. The van der Waals surface area contributed by atoms with Crippen molar-refractivity contribution >= 4 is 13.9 Å². The summed E-state index contributed by atoms with van der Waals surface area (Å²) in [5, 5.41) is 0. The van der Waals surface area contributed by atoms with E-state index in [0.717, 1.165) is 18.5 Å². The van der Waals surface area contributed by atoms with Crippen LogP contribution in [0.4, 0.5) is 0 Å². The zero-order valence-corrected chi connectivity index (χ0v) is 7.99. The van der Waals surface area contributed by atoms with Crippen LogP contribution in [-0.4, -0.2) is 18.7 Å². The number of rotatable bonds is 0. The zero-order valence-electron chi connectivity index (χ0n) is 7.99. The van der Waals surface area contributed by atoms with Crippen LogP contribution < -0.4 is 0 Å². The largest absolute Gasteiger partial charge is 0.373 e. The Balaban J connectivity index is 2.26. The van der Waals surface area contributed by atoms with Gasteiger partial charge in [-0.3, -0.25) is 4.79 Å². The van der Waals surface area contributed by atoms with Crippen molar-refractivity contribution in [2.24, 2.45) is 11.8 Å². The average molecular weight is 175 g/mol. The molecule has 2 unspecified atom stereocenters. The predicted molar refractivity (Wildman–Crippen MR) is 51.8 cm³/mol. The molecule has 2 rings (SSSR count). The van der Waals surface area contributed by atoms with E-state index in [1.165, 1.54) is 17.7 Å². The maximum absolute atomic E-state index is 11.7. The third kappa shape index (κ3) is 1.40. The number of hydrogen-bond donors (Lipinski definition) is 0.